The average Bonchev–Trinajstić information content (AvgIpc) is 2.58. The Labute approximate surface area is 157 Å². The molecule has 1 fully saturated rings. The van der Waals surface area contributed by atoms with E-state index in [1.165, 1.54) is 5.69 Å². The Morgan fingerprint density at radius 1 is 1.17 bits per heavy atom. The number of rotatable bonds is 7. The minimum Gasteiger partial charge on any atom is -0.370 e. The van der Waals surface area contributed by atoms with Gasteiger partial charge in [-0.3, -0.25) is 9.89 Å². The Hall–Kier alpha value is -1.02. The maximum absolute atomic E-state index is 5.78. The number of aliphatic imine (C=N–C) groups is 1. The lowest BCUT2D eigenvalue weighted by molar-refractivity contribution is 0.255. The molecule has 0 aliphatic carbocycles. The van der Waals surface area contributed by atoms with Crippen molar-refractivity contribution in [3.8, 4) is 0 Å². The number of piperazine rings is 1. The van der Waals surface area contributed by atoms with Crippen molar-refractivity contribution in [2.45, 2.75) is 19.8 Å². The number of nitrogens with two attached hydrogens (primary N) is 1. The van der Waals surface area contributed by atoms with E-state index in [-0.39, 0.29) is 24.0 Å². The van der Waals surface area contributed by atoms with Crippen LogP contribution in [0, 0.1) is 0 Å². The zero-order valence-electron chi connectivity index (χ0n) is 14.1. The lowest BCUT2D eigenvalue weighted by atomic mass is 10.2. The molecule has 6 heteroatoms. The number of nitrogens with zero attached hydrogens (tertiary/aromatic N) is 3. The smallest absolute Gasteiger partial charge is 0.188 e. The standard InChI is InChI=1S/C17H29N5.HI/c1-2-9-19-17(18)20-10-6-11-21-12-14-22(15-13-21)16-7-4-3-5-8-16;/h3-5,7-8H,2,6,9-15H2,1H3,(H3,18,19,20);1H. The topological polar surface area (TPSA) is 56.9 Å². The van der Waals surface area contributed by atoms with Gasteiger partial charge in [0.15, 0.2) is 5.96 Å². The van der Waals surface area contributed by atoms with Gasteiger partial charge in [-0.1, -0.05) is 25.1 Å². The highest BCUT2D eigenvalue weighted by molar-refractivity contribution is 14.0. The summed E-state index contributed by atoms with van der Waals surface area (Å²) in [5.74, 6) is 0.579. The Balaban J connectivity index is 0.00000264. The molecule has 2 rings (SSSR count). The van der Waals surface area contributed by atoms with Crippen molar-refractivity contribution in [1.82, 2.24) is 10.2 Å². The summed E-state index contributed by atoms with van der Waals surface area (Å²) in [5, 5.41) is 3.18. The van der Waals surface area contributed by atoms with Crippen LogP contribution in [-0.2, 0) is 0 Å². The monoisotopic (exact) mass is 431 g/mol. The highest BCUT2D eigenvalue weighted by Crippen LogP contribution is 2.15. The molecule has 1 saturated heterocycles. The van der Waals surface area contributed by atoms with Gasteiger partial charge in [0, 0.05) is 45.0 Å². The molecule has 3 N–H and O–H groups in total. The number of hydrogen-bond donors (Lipinski definition) is 2. The number of benzene rings is 1. The molecule has 23 heavy (non-hydrogen) atoms. The molecular formula is C17H30IN5. The van der Waals surface area contributed by atoms with E-state index in [1.807, 2.05) is 0 Å². The molecule has 130 valence electrons. The van der Waals surface area contributed by atoms with Crippen LogP contribution in [-0.4, -0.2) is 56.7 Å². The first-order valence-electron chi connectivity index (χ1n) is 8.35. The Bertz CT molecular complexity index is 444. The third-order valence-corrected chi connectivity index (χ3v) is 3.96. The maximum Gasteiger partial charge on any atom is 0.188 e. The SMILES string of the molecule is CCCN=C(N)NCCCN1CCN(c2ccccc2)CC1.I. The molecule has 0 saturated carbocycles. The first kappa shape index (κ1) is 20.0. The van der Waals surface area contributed by atoms with Crippen LogP contribution in [0.15, 0.2) is 35.3 Å². The lowest BCUT2D eigenvalue weighted by Gasteiger charge is -2.36. The summed E-state index contributed by atoms with van der Waals surface area (Å²) in [5.41, 5.74) is 7.12. The highest BCUT2D eigenvalue weighted by atomic mass is 127. The van der Waals surface area contributed by atoms with Crippen molar-refractivity contribution in [3.63, 3.8) is 0 Å². The quantitative estimate of drug-likeness (QED) is 0.301. The van der Waals surface area contributed by atoms with E-state index in [1.54, 1.807) is 0 Å². The molecule has 1 aromatic rings. The number of guanidine groups is 1. The van der Waals surface area contributed by atoms with Gasteiger partial charge < -0.3 is 16.0 Å². The summed E-state index contributed by atoms with van der Waals surface area (Å²) in [7, 11) is 0. The van der Waals surface area contributed by atoms with Gasteiger partial charge in [-0.2, -0.15) is 0 Å². The fourth-order valence-electron chi connectivity index (χ4n) is 2.68. The van der Waals surface area contributed by atoms with Gasteiger partial charge in [0.05, 0.1) is 0 Å². The van der Waals surface area contributed by atoms with Gasteiger partial charge in [-0.15, -0.1) is 24.0 Å². The first-order chi connectivity index (χ1) is 10.8. The second-order valence-corrected chi connectivity index (χ2v) is 5.71. The van der Waals surface area contributed by atoms with E-state index in [0.29, 0.717) is 5.96 Å². The van der Waals surface area contributed by atoms with Crippen molar-refractivity contribution in [1.29, 1.82) is 0 Å². The summed E-state index contributed by atoms with van der Waals surface area (Å²) in [4.78, 5) is 9.22. The fraction of sp³-hybridized carbons (Fsp3) is 0.588. The zero-order chi connectivity index (χ0) is 15.6. The third kappa shape index (κ3) is 7.39. The molecule has 0 atom stereocenters. The highest BCUT2D eigenvalue weighted by Gasteiger charge is 2.16. The zero-order valence-corrected chi connectivity index (χ0v) is 16.4. The van der Waals surface area contributed by atoms with E-state index < -0.39 is 0 Å². The van der Waals surface area contributed by atoms with Crippen molar-refractivity contribution < 1.29 is 0 Å². The molecule has 0 bridgehead atoms. The second-order valence-electron chi connectivity index (χ2n) is 5.71. The van der Waals surface area contributed by atoms with E-state index in [4.69, 9.17) is 5.73 Å². The molecular weight excluding hydrogens is 401 g/mol. The Kier molecular flexibility index (Phi) is 10.0. The minimum absolute atomic E-state index is 0. The molecule has 0 radical (unpaired) electrons. The van der Waals surface area contributed by atoms with E-state index in [2.05, 4.69) is 57.4 Å². The molecule has 0 unspecified atom stereocenters. The van der Waals surface area contributed by atoms with E-state index >= 15 is 0 Å². The Morgan fingerprint density at radius 2 is 1.87 bits per heavy atom. The van der Waals surface area contributed by atoms with Gasteiger partial charge >= 0.3 is 0 Å². The number of hydrogen-bond acceptors (Lipinski definition) is 3. The fourth-order valence-corrected chi connectivity index (χ4v) is 2.68. The molecule has 0 spiro atoms. The number of anilines is 1. The molecule has 1 aliphatic rings. The number of para-hydroxylation sites is 1. The van der Waals surface area contributed by atoms with Crippen LogP contribution >= 0.6 is 24.0 Å². The van der Waals surface area contributed by atoms with Crippen LogP contribution < -0.4 is 16.0 Å². The molecule has 0 aromatic heterocycles. The molecule has 1 aliphatic heterocycles. The summed E-state index contributed by atoms with van der Waals surface area (Å²) >= 11 is 0. The van der Waals surface area contributed by atoms with Crippen LogP contribution in [0.4, 0.5) is 5.69 Å². The van der Waals surface area contributed by atoms with Crippen molar-refractivity contribution >= 4 is 35.6 Å². The van der Waals surface area contributed by atoms with Gasteiger partial charge in [0.25, 0.3) is 0 Å². The Morgan fingerprint density at radius 3 is 2.52 bits per heavy atom. The van der Waals surface area contributed by atoms with Crippen LogP contribution in [0.1, 0.15) is 19.8 Å². The molecule has 1 heterocycles. The predicted octanol–water partition coefficient (Wildman–Crippen LogP) is 2.13. The van der Waals surface area contributed by atoms with Gasteiger partial charge in [0.2, 0.25) is 0 Å². The predicted molar refractivity (Wildman–Crippen MR) is 110 cm³/mol. The van der Waals surface area contributed by atoms with E-state index in [9.17, 15) is 0 Å². The van der Waals surface area contributed by atoms with Crippen molar-refractivity contribution in [2.24, 2.45) is 10.7 Å². The second kappa shape index (κ2) is 11.5. The van der Waals surface area contributed by atoms with Gasteiger partial charge in [-0.25, -0.2) is 0 Å². The van der Waals surface area contributed by atoms with Gasteiger partial charge in [0.1, 0.15) is 0 Å². The molecule has 5 nitrogen and oxygen atoms in total. The first-order valence-corrected chi connectivity index (χ1v) is 8.35. The number of halogens is 1. The maximum atomic E-state index is 5.78. The van der Waals surface area contributed by atoms with Crippen LogP contribution in [0.5, 0.6) is 0 Å². The van der Waals surface area contributed by atoms with E-state index in [0.717, 1.165) is 58.7 Å². The van der Waals surface area contributed by atoms with Crippen LogP contribution in [0.2, 0.25) is 0 Å². The summed E-state index contributed by atoms with van der Waals surface area (Å²) in [6, 6.07) is 10.7. The number of nitrogens with one attached hydrogen (secondary N) is 1. The molecule has 0 amide bonds. The van der Waals surface area contributed by atoms with Crippen molar-refractivity contribution in [3.05, 3.63) is 30.3 Å². The normalized spacial score (nSPS) is 16.0. The summed E-state index contributed by atoms with van der Waals surface area (Å²) < 4.78 is 0. The minimum atomic E-state index is 0. The molecule has 1 aromatic carbocycles. The lowest BCUT2D eigenvalue weighted by Crippen LogP contribution is -2.47. The van der Waals surface area contributed by atoms with Crippen molar-refractivity contribution in [2.75, 3.05) is 50.7 Å². The van der Waals surface area contributed by atoms with Crippen LogP contribution in [0.25, 0.3) is 0 Å². The summed E-state index contributed by atoms with van der Waals surface area (Å²) in [6.45, 7) is 9.42. The summed E-state index contributed by atoms with van der Waals surface area (Å²) in [6.07, 6.45) is 2.14. The van der Waals surface area contributed by atoms with Crippen LogP contribution in [0.3, 0.4) is 0 Å². The average molecular weight is 431 g/mol. The largest absolute Gasteiger partial charge is 0.370 e. The third-order valence-electron chi connectivity index (χ3n) is 3.96. The van der Waals surface area contributed by atoms with Gasteiger partial charge in [-0.05, 0) is 31.5 Å².